The molecule has 1 aromatic carbocycles. The first-order chi connectivity index (χ1) is 9.74. The van der Waals surface area contributed by atoms with Gasteiger partial charge in [-0.1, -0.05) is 24.3 Å². The minimum atomic E-state index is 0.211. The number of carbonyl (C=O) groups excluding carboxylic acids is 1. The fraction of sp³-hybridized carbons (Fsp3) is 0.588. The molecule has 0 unspecified atom stereocenters. The number of nitrogens with one attached hydrogen (secondary N) is 1. The zero-order chi connectivity index (χ0) is 13.9. The van der Waals surface area contributed by atoms with Crippen molar-refractivity contribution in [1.82, 2.24) is 10.2 Å². The normalized spacial score (nSPS) is 20.1. The summed E-state index contributed by atoms with van der Waals surface area (Å²) in [5, 5.41) is 3.68. The second-order valence-corrected chi connectivity index (χ2v) is 6.13. The van der Waals surface area contributed by atoms with Crippen molar-refractivity contribution in [2.24, 2.45) is 0 Å². The summed E-state index contributed by atoms with van der Waals surface area (Å²) in [6, 6.07) is 9.39. The maximum absolute atomic E-state index is 11.3. The second-order valence-electron chi connectivity index (χ2n) is 6.13. The fourth-order valence-corrected chi connectivity index (χ4v) is 3.14. The second kappa shape index (κ2) is 5.96. The summed E-state index contributed by atoms with van der Waals surface area (Å²) in [5.74, 6) is 1.02. The fourth-order valence-electron chi connectivity index (χ4n) is 3.14. The van der Waals surface area contributed by atoms with Crippen LogP contribution in [0.4, 0.5) is 0 Å². The molecule has 0 aromatic heterocycles. The molecule has 3 heteroatoms. The maximum Gasteiger partial charge on any atom is 0.219 e. The van der Waals surface area contributed by atoms with E-state index in [1.165, 1.54) is 18.4 Å². The molecular formula is C17H24N2O. The molecule has 0 radical (unpaired) electrons. The summed E-state index contributed by atoms with van der Waals surface area (Å²) in [4.78, 5) is 13.3. The monoisotopic (exact) mass is 272 g/mol. The van der Waals surface area contributed by atoms with Crippen molar-refractivity contribution in [3.63, 3.8) is 0 Å². The zero-order valence-electron chi connectivity index (χ0n) is 12.3. The number of piperidine rings is 1. The zero-order valence-corrected chi connectivity index (χ0v) is 12.3. The van der Waals surface area contributed by atoms with Crippen molar-refractivity contribution in [2.75, 3.05) is 13.1 Å². The molecule has 1 saturated carbocycles. The number of benzene rings is 1. The quantitative estimate of drug-likeness (QED) is 0.914. The smallest absolute Gasteiger partial charge is 0.219 e. The van der Waals surface area contributed by atoms with Gasteiger partial charge in [-0.2, -0.15) is 0 Å². The molecule has 1 N–H and O–H groups in total. The molecule has 2 aliphatic rings. The number of rotatable bonds is 4. The maximum atomic E-state index is 11.3. The minimum absolute atomic E-state index is 0.211. The summed E-state index contributed by atoms with van der Waals surface area (Å²) in [6.07, 6.45) is 4.86. The van der Waals surface area contributed by atoms with Crippen LogP contribution in [-0.2, 0) is 11.3 Å². The number of carbonyl (C=O) groups is 1. The van der Waals surface area contributed by atoms with Crippen molar-refractivity contribution < 1.29 is 4.79 Å². The predicted octanol–water partition coefficient (Wildman–Crippen LogP) is 2.66. The average molecular weight is 272 g/mol. The van der Waals surface area contributed by atoms with E-state index in [1.807, 2.05) is 4.90 Å². The van der Waals surface area contributed by atoms with Crippen LogP contribution in [0.3, 0.4) is 0 Å². The lowest BCUT2D eigenvalue weighted by Crippen LogP contribution is -2.44. The molecule has 1 aromatic rings. The highest BCUT2D eigenvalue weighted by atomic mass is 16.2. The minimum Gasteiger partial charge on any atom is -0.343 e. The molecule has 20 heavy (non-hydrogen) atoms. The highest BCUT2D eigenvalue weighted by Gasteiger charge is 2.26. The van der Waals surface area contributed by atoms with Gasteiger partial charge in [0.25, 0.3) is 0 Å². The summed E-state index contributed by atoms with van der Waals surface area (Å²) in [6.45, 7) is 4.44. The molecule has 0 spiro atoms. The molecule has 0 atom stereocenters. The Morgan fingerprint density at radius 1 is 1.20 bits per heavy atom. The van der Waals surface area contributed by atoms with Gasteiger partial charge >= 0.3 is 0 Å². The van der Waals surface area contributed by atoms with Crippen LogP contribution in [0.15, 0.2) is 24.3 Å². The molecule has 108 valence electrons. The van der Waals surface area contributed by atoms with Gasteiger partial charge in [-0.25, -0.2) is 0 Å². The van der Waals surface area contributed by atoms with E-state index >= 15 is 0 Å². The summed E-state index contributed by atoms with van der Waals surface area (Å²) in [5.41, 5.74) is 3.00. The Morgan fingerprint density at radius 3 is 2.55 bits per heavy atom. The lowest BCUT2D eigenvalue weighted by molar-refractivity contribution is -0.129. The first-order valence-corrected chi connectivity index (χ1v) is 7.80. The van der Waals surface area contributed by atoms with Crippen molar-refractivity contribution in [3.8, 4) is 0 Å². The van der Waals surface area contributed by atoms with Crippen molar-refractivity contribution in [2.45, 2.75) is 51.1 Å². The topological polar surface area (TPSA) is 32.3 Å². The van der Waals surface area contributed by atoms with Crippen molar-refractivity contribution in [1.29, 1.82) is 0 Å². The Kier molecular flexibility index (Phi) is 4.06. The van der Waals surface area contributed by atoms with E-state index in [9.17, 15) is 4.79 Å². The van der Waals surface area contributed by atoms with Crippen LogP contribution in [0, 0.1) is 0 Å². The number of likely N-dealkylation sites (tertiary alicyclic amines) is 1. The van der Waals surface area contributed by atoms with Crippen molar-refractivity contribution >= 4 is 5.91 Å². The third kappa shape index (κ3) is 3.21. The molecule has 3 nitrogen and oxygen atoms in total. The first-order valence-electron chi connectivity index (χ1n) is 7.80. The summed E-state index contributed by atoms with van der Waals surface area (Å²) >= 11 is 0. The number of amides is 1. The Hall–Kier alpha value is -1.35. The summed E-state index contributed by atoms with van der Waals surface area (Å²) in [7, 11) is 0. The SMILES string of the molecule is CC(=O)N1CCC(NCc2ccccc2C2CC2)CC1. The molecule has 1 amide bonds. The van der Waals surface area contributed by atoms with E-state index in [0.717, 1.165) is 38.4 Å². The molecule has 2 fully saturated rings. The number of hydrogen-bond acceptors (Lipinski definition) is 2. The van der Waals surface area contributed by atoms with Crippen LogP contribution in [0.5, 0.6) is 0 Å². The molecule has 3 rings (SSSR count). The average Bonchev–Trinajstić information content (AvgIpc) is 3.30. The van der Waals surface area contributed by atoms with E-state index in [-0.39, 0.29) is 5.91 Å². The predicted molar refractivity (Wildman–Crippen MR) is 80.5 cm³/mol. The van der Waals surface area contributed by atoms with Gasteiger partial charge in [0.15, 0.2) is 0 Å². The van der Waals surface area contributed by atoms with Crippen LogP contribution in [0.2, 0.25) is 0 Å². The van der Waals surface area contributed by atoms with Gasteiger partial charge in [0.05, 0.1) is 0 Å². The molecule has 1 heterocycles. The molecule has 0 bridgehead atoms. The van der Waals surface area contributed by atoms with E-state index < -0.39 is 0 Å². The lowest BCUT2D eigenvalue weighted by atomic mass is 10.0. The summed E-state index contributed by atoms with van der Waals surface area (Å²) < 4.78 is 0. The van der Waals surface area contributed by atoms with Crippen LogP contribution in [0.1, 0.15) is 49.7 Å². The number of hydrogen-bond donors (Lipinski definition) is 1. The van der Waals surface area contributed by atoms with Gasteiger partial charge in [-0.3, -0.25) is 4.79 Å². The van der Waals surface area contributed by atoms with Crippen LogP contribution in [0.25, 0.3) is 0 Å². The molecular weight excluding hydrogens is 248 g/mol. The van der Waals surface area contributed by atoms with Crippen LogP contribution >= 0.6 is 0 Å². The first kappa shape index (κ1) is 13.6. The highest BCUT2D eigenvalue weighted by molar-refractivity contribution is 5.73. The van der Waals surface area contributed by atoms with E-state index in [1.54, 1.807) is 12.5 Å². The van der Waals surface area contributed by atoms with Gasteiger partial charge in [0, 0.05) is 32.6 Å². The van der Waals surface area contributed by atoms with E-state index in [2.05, 4.69) is 29.6 Å². The van der Waals surface area contributed by atoms with Crippen LogP contribution < -0.4 is 5.32 Å². The standard InChI is InChI=1S/C17H24N2O/c1-13(20)19-10-8-16(9-11-19)18-12-15-4-2-3-5-17(15)14-6-7-14/h2-5,14,16,18H,6-12H2,1H3. The Morgan fingerprint density at radius 2 is 1.90 bits per heavy atom. The van der Waals surface area contributed by atoms with Gasteiger partial charge in [0.1, 0.15) is 0 Å². The Bertz CT molecular complexity index is 474. The lowest BCUT2D eigenvalue weighted by Gasteiger charge is -2.32. The Balaban J connectivity index is 1.52. The van der Waals surface area contributed by atoms with Crippen LogP contribution in [-0.4, -0.2) is 29.9 Å². The van der Waals surface area contributed by atoms with E-state index in [0.29, 0.717) is 6.04 Å². The molecule has 1 aliphatic carbocycles. The van der Waals surface area contributed by atoms with Gasteiger partial charge in [-0.05, 0) is 42.7 Å². The third-order valence-corrected chi connectivity index (χ3v) is 4.59. The molecule has 1 saturated heterocycles. The van der Waals surface area contributed by atoms with E-state index in [4.69, 9.17) is 0 Å². The number of nitrogens with zero attached hydrogens (tertiary/aromatic N) is 1. The van der Waals surface area contributed by atoms with Gasteiger partial charge < -0.3 is 10.2 Å². The Labute approximate surface area is 121 Å². The highest BCUT2D eigenvalue weighted by Crippen LogP contribution is 2.41. The van der Waals surface area contributed by atoms with Gasteiger partial charge in [-0.15, -0.1) is 0 Å². The van der Waals surface area contributed by atoms with Crippen molar-refractivity contribution in [3.05, 3.63) is 35.4 Å². The largest absolute Gasteiger partial charge is 0.343 e. The molecule has 1 aliphatic heterocycles. The van der Waals surface area contributed by atoms with Gasteiger partial charge in [0.2, 0.25) is 5.91 Å². The third-order valence-electron chi connectivity index (χ3n) is 4.59.